The van der Waals surface area contributed by atoms with Crippen molar-refractivity contribution in [1.82, 2.24) is 9.88 Å². The zero-order valence-electron chi connectivity index (χ0n) is 18.2. The highest BCUT2D eigenvalue weighted by molar-refractivity contribution is 7.99. The molecular weight excluding hydrogens is 412 g/mol. The van der Waals surface area contributed by atoms with Crippen molar-refractivity contribution in [3.05, 3.63) is 59.8 Å². The zero-order chi connectivity index (χ0) is 22.5. The topological polar surface area (TPSA) is 80.6 Å². The Balaban J connectivity index is 1.84. The lowest BCUT2D eigenvalue weighted by molar-refractivity contribution is -0.140. The molecule has 2 aromatic carbocycles. The lowest BCUT2D eigenvalue weighted by Crippen LogP contribution is -2.41. The molecule has 3 aromatic rings. The number of rotatable bonds is 9. The van der Waals surface area contributed by atoms with E-state index in [-0.39, 0.29) is 17.7 Å². The van der Waals surface area contributed by atoms with Gasteiger partial charge in [0, 0.05) is 29.6 Å². The molecule has 31 heavy (non-hydrogen) atoms. The second kappa shape index (κ2) is 9.92. The summed E-state index contributed by atoms with van der Waals surface area (Å²) in [4.78, 5) is 22.9. The summed E-state index contributed by atoms with van der Waals surface area (Å²) in [6, 6.07) is 13.2. The summed E-state index contributed by atoms with van der Waals surface area (Å²) in [5.41, 5.74) is 2.19. The van der Waals surface area contributed by atoms with Crippen LogP contribution >= 0.6 is 11.8 Å². The number of carbonyl (C=O) groups is 2. The molecule has 1 amide bonds. The molecule has 0 aliphatic carbocycles. The van der Waals surface area contributed by atoms with Crippen molar-refractivity contribution in [1.29, 1.82) is 0 Å². The molecule has 0 saturated carbocycles. The van der Waals surface area contributed by atoms with Gasteiger partial charge in [-0.3, -0.25) is 4.79 Å². The SMILES string of the molecule is CC(=O)N[C@@H](CSc1c2ccccc2cn1[C@H](C)COc1c(C)cccc1C)C(=O)O. The van der Waals surface area contributed by atoms with Crippen molar-refractivity contribution in [2.45, 2.75) is 44.8 Å². The van der Waals surface area contributed by atoms with Gasteiger partial charge in [-0.15, -0.1) is 11.8 Å². The summed E-state index contributed by atoms with van der Waals surface area (Å²) in [5.74, 6) is -0.273. The number of nitrogens with one attached hydrogen (secondary N) is 1. The molecule has 0 unspecified atom stereocenters. The van der Waals surface area contributed by atoms with E-state index in [2.05, 4.69) is 23.0 Å². The number of fused-ring (bicyclic) bond motifs is 1. The molecule has 1 aromatic heterocycles. The van der Waals surface area contributed by atoms with Crippen LogP contribution in [0, 0.1) is 13.8 Å². The lowest BCUT2D eigenvalue weighted by Gasteiger charge is -2.20. The number of amides is 1. The molecule has 0 bridgehead atoms. The van der Waals surface area contributed by atoms with Gasteiger partial charge in [0.15, 0.2) is 0 Å². The number of hydrogen-bond donors (Lipinski definition) is 2. The highest BCUT2D eigenvalue weighted by Gasteiger charge is 2.22. The third-order valence-electron chi connectivity index (χ3n) is 5.12. The molecule has 3 rings (SSSR count). The lowest BCUT2D eigenvalue weighted by atomic mass is 10.1. The first kappa shape index (κ1) is 22.7. The standard InChI is InChI=1S/C24H28N2O4S/c1-15-8-7-9-16(2)22(15)30-13-17(3)26-12-19-10-5-6-11-20(19)23(26)31-14-21(24(28)29)25-18(4)27/h5-12,17,21H,13-14H2,1-4H3,(H,25,27)(H,28,29)/t17-,21+/m1/s1. The van der Waals surface area contributed by atoms with E-state index >= 15 is 0 Å². The number of thioether (sulfide) groups is 1. The first-order valence-corrected chi connectivity index (χ1v) is 11.2. The van der Waals surface area contributed by atoms with Crippen LogP contribution in [-0.2, 0) is 9.59 Å². The largest absolute Gasteiger partial charge is 0.491 e. The molecule has 0 saturated heterocycles. The van der Waals surface area contributed by atoms with Gasteiger partial charge >= 0.3 is 5.97 Å². The van der Waals surface area contributed by atoms with E-state index in [1.165, 1.54) is 18.7 Å². The number of aliphatic carboxylic acids is 1. The fourth-order valence-electron chi connectivity index (χ4n) is 3.52. The fraction of sp³-hybridized carbons (Fsp3) is 0.333. The van der Waals surface area contributed by atoms with Crippen LogP contribution in [0.3, 0.4) is 0 Å². The van der Waals surface area contributed by atoms with E-state index in [1.54, 1.807) is 0 Å². The number of nitrogens with zero attached hydrogens (tertiary/aromatic N) is 1. The van der Waals surface area contributed by atoms with Crippen LogP contribution in [0.25, 0.3) is 10.8 Å². The minimum absolute atomic E-state index is 0.0259. The first-order chi connectivity index (χ1) is 14.8. The van der Waals surface area contributed by atoms with Gasteiger partial charge in [-0.1, -0.05) is 42.5 Å². The van der Waals surface area contributed by atoms with E-state index in [9.17, 15) is 14.7 Å². The predicted octanol–water partition coefficient (Wildman–Crippen LogP) is 4.58. The monoisotopic (exact) mass is 440 g/mol. The molecule has 0 radical (unpaired) electrons. The van der Waals surface area contributed by atoms with Gasteiger partial charge in [-0.25, -0.2) is 4.79 Å². The minimum atomic E-state index is -1.04. The van der Waals surface area contributed by atoms with Crippen LogP contribution in [0.5, 0.6) is 5.75 Å². The second-order valence-electron chi connectivity index (χ2n) is 7.71. The van der Waals surface area contributed by atoms with Crippen LogP contribution in [0.2, 0.25) is 0 Å². The van der Waals surface area contributed by atoms with Crippen molar-refractivity contribution >= 4 is 34.4 Å². The highest BCUT2D eigenvalue weighted by Crippen LogP contribution is 2.33. The zero-order valence-corrected chi connectivity index (χ0v) is 19.0. The van der Waals surface area contributed by atoms with Crippen LogP contribution < -0.4 is 10.1 Å². The van der Waals surface area contributed by atoms with E-state index < -0.39 is 12.0 Å². The number of hydrogen-bond acceptors (Lipinski definition) is 4. The molecular formula is C24H28N2O4S. The Morgan fingerprint density at radius 3 is 2.45 bits per heavy atom. The van der Waals surface area contributed by atoms with E-state index in [4.69, 9.17) is 4.74 Å². The number of ether oxygens (including phenoxy) is 1. The van der Waals surface area contributed by atoms with Gasteiger partial charge in [0.25, 0.3) is 0 Å². The predicted molar refractivity (Wildman–Crippen MR) is 124 cm³/mol. The average Bonchev–Trinajstić information content (AvgIpc) is 3.09. The smallest absolute Gasteiger partial charge is 0.327 e. The summed E-state index contributed by atoms with van der Waals surface area (Å²) >= 11 is 1.43. The third-order valence-corrected chi connectivity index (χ3v) is 6.32. The van der Waals surface area contributed by atoms with E-state index in [0.717, 1.165) is 32.7 Å². The van der Waals surface area contributed by atoms with Gasteiger partial charge in [-0.05, 0) is 31.9 Å². The Morgan fingerprint density at radius 2 is 1.81 bits per heavy atom. The van der Waals surface area contributed by atoms with Crippen LogP contribution in [0.4, 0.5) is 0 Å². The summed E-state index contributed by atoms with van der Waals surface area (Å²) in [6.45, 7) is 7.96. The van der Waals surface area contributed by atoms with Crippen molar-refractivity contribution in [2.75, 3.05) is 12.4 Å². The minimum Gasteiger partial charge on any atom is -0.491 e. The van der Waals surface area contributed by atoms with Crippen molar-refractivity contribution in [3.63, 3.8) is 0 Å². The van der Waals surface area contributed by atoms with Crippen LogP contribution in [0.15, 0.2) is 53.7 Å². The van der Waals surface area contributed by atoms with Gasteiger partial charge < -0.3 is 19.7 Å². The molecule has 7 heteroatoms. The van der Waals surface area contributed by atoms with Gasteiger partial charge in [0.1, 0.15) is 18.4 Å². The Labute approximate surface area is 186 Å². The number of aryl methyl sites for hydroxylation is 2. The van der Waals surface area contributed by atoms with E-state index in [1.807, 2.05) is 56.3 Å². The Hall–Kier alpha value is -2.93. The first-order valence-electron chi connectivity index (χ1n) is 10.2. The number of carboxylic acids is 1. The van der Waals surface area contributed by atoms with Crippen molar-refractivity contribution in [3.8, 4) is 5.75 Å². The van der Waals surface area contributed by atoms with Crippen molar-refractivity contribution < 1.29 is 19.4 Å². The maximum atomic E-state index is 11.5. The molecule has 0 aliphatic rings. The quantitative estimate of drug-likeness (QED) is 0.476. The maximum Gasteiger partial charge on any atom is 0.327 e. The average molecular weight is 441 g/mol. The molecule has 0 aliphatic heterocycles. The van der Waals surface area contributed by atoms with E-state index in [0.29, 0.717) is 6.61 Å². The molecule has 0 fully saturated rings. The van der Waals surface area contributed by atoms with Crippen LogP contribution in [0.1, 0.15) is 31.0 Å². The van der Waals surface area contributed by atoms with Gasteiger partial charge in [-0.2, -0.15) is 0 Å². The molecule has 2 atom stereocenters. The number of carboxylic acid groups (broad SMARTS) is 1. The summed E-state index contributed by atoms with van der Waals surface area (Å²) in [5, 5.41) is 15.1. The molecule has 1 heterocycles. The van der Waals surface area contributed by atoms with Crippen LogP contribution in [-0.4, -0.2) is 40.0 Å². The Morgan fingerprint density at radius 1 is 1.13 bits per heavy atom. The van der Waals surface area contributed by atoms with Gasteiger partial charge in [0.2, 0.25) is 5.91 Å². The normalized spacial score (nSPS) is 13.0. The maximum absolute atomic E-state index is 11.5. The number of para-hydroxylation sites is 1. The number of aromatic nitrogens is 1. The Bertz CT molecular complexity index is 1070. The highest BCUT2D eigenvalue weighted by atomic mass is 32.2. The Kier molecular flexibility index (Phi) is 7.28. The third kappa shape index (κ3) is 5.41. The molecule has 0 spiro atoms. The summed E-state index contributed by atoms with van der Waals surface area (Å²) in [6.07, 6.45) is 2.07. The van der Waals surface area contributed by atoms with Gasteiger partial charge in [0.05, 0.1) is 11.1 Å². The molecule has 6 nitrogen and oxygen atoms in total. The number of benzene rings is 2. The van der Waals surface area contributed by atoms with Crippen molar-refractivity contribution in [2.24, 2.45) is 0 Å². The summed E-state index contributed by atoms with van der Waals surface area (Å²) in [7, 11) is 0. The fourth-order valence-corrected chi connectivity index (χ4v) is 4.80. The summed E-state index contributed by atoms with van der Waals surface area (Å²) < 4.78 is 8.30. The second-order valence-corrected chi connectivity index (χ2v) is 8.72. The molecule has 164 valence electrons. The molecule has 2 N–H and O–H groups in total. The number of carbonyl (C=O) groups excluding carboxylic acids is 1.